The van der Waals surface area contributed by atoms with Crippen molar-refractivity contribution in [2.24, 2.45) is 0 Å². The van der Waals surface area contributed by atoms with Crippen molar-refractivity contribution in [3.05, 3.63) is 108 Å². The smallest absolute Gasteiger partial charge is 0.291 e. The molecule has 0 saturated heterocycles. The van der Waals surface area contributed by atoms with E-state index in [1.807, 2.05) is 78.9 Å². The fourth-order valence-corrected chi connectivity index (χ4v) is 2.86. The van der Waals surface area contributed by atoms with Crippen LogP contribution in [-0.2, 0) is 13.0 Å². The van der Waals surface area contributed by atoms with E-state index in [0.29, 0.717) is 18.8 Å². The Kier molecular flexibility index (Phi) is 5.20. The maximum atomic E-state index is 12.6. The van der Waals surface area contributed by atoms with Crippen LogP contribution in [0, 0.1) is 0 Å². The molecule has 2 aromatic heterocycles. The van der Waals surface area contributed by atoms with Crippen LogP contribution in [0.15, 0.2) is 85.1 Å². The Balaban J connectivity index is 1.60. The molecule has 28 heavy (non-hydrogen) atoms. The van der Waals surface area contributed by atoms with Crippen LogP contribution in [0.25, 0.3) is 5.69 Å². The lowest BCUT2D eigenvalue weighted by Crippen LogP contribution is -2.24. The van der Waals surface area contributed by atoms with Crippen molar-refractivity contribution in [1.82, 2.24) is 25.1 Å². The van der Waals surface area contributed by atoms with Crippen molar-refractivity contribution in [3.8, 4) is 5.69 Å². The van der Waals surface area contributed by atoms with Gasteiger partial charge in [0.05, 0.1) is 17.9 Å². The van der Waals surface area contributed by atoms with Gasteiger partial charge < -0.3 is 5.32 Å². The molecule has 0 spiro atoms. The van der Waals surface area contributed by atoms with E-state index in [1.54, 1.807) is 10.9 Å². The van der Waals surface area contributed by atoms with Gasteiger partial charge in [0.1, 0.15) is 5.82 Å². The van der Waals surface area contributed by atoms with Crippen LogP contribution in [0.4, 0.5) is 0 Å². The van der Waals surface area contributed by atoms with Gasteiger partial charge in [0.2, 0.25) is 5.82 Å². The summed E-state index contributed by atoms with van der Waals surface area (Å²) in [5.41, 5.74) is 2.75. The summed E-state index contributed by atoms with van der Waals surface area (Å²) < 4.78 is 1.72. The summed E-state index contributed by atoms with van der Waals surface area (Å²) in [6.07, 6.45) is 2.28. The molecular formula is C22H19N5O. The van der Waals surface area contributed by atoms with Crippen LogP contribution in [0.3, 0.4) is 0 Å². The fraction of sp³-hybridized carbons (Fsp3) is 0.0909. The number of aromatic nitrogens is 4. The highest BCUT2D eigenvalue weighted by atomic mass is 16.2. The number of nitrogens with zero attached hydrogens (tertiary/aromatic N) is 4. The van der Waals surface area contributed by atoms with E-state index in [9.17, 15) is 4.79 Å². The number of nitrogens with one attached hydrogen (secondary N) is 1. The minimum absolute atomic E-state index is 0.144. The standard InChI is InChI=1S/C22H19N5O/c28-22(24-16-18-11-7-8-14-23-18)21-25-20(15-17-9-3-1-4-10-17)27(26-21)19-12-5-2-6-13-19/h1-14H,15-16H2,(H,24,28). The van der Waals surface area contributed by atoms with E-state index in [4.69, 9.17) is 0 Å². The van der Waals surface area contributed by atoms with Gasteiger partial charge in [-0.2, -0.15) is 0 Å². The fourth-order valence-electron chi connectivity index (χ4n) is 2.86. The first kappa shape index (κ1) is 17.6. The summed E-state index contributed by atoms with van der Waals surface area (Å²) in [5, 5.41) is 7.29. The Labute approximate surface area is 162 Å². The third-order valence-electron chi connectivity index (χ3n) is 4.24. The Morgan fingerprint density at radius 2 is 1.61 bits per heavy atom. The number of carbonyl (C=O) groups is 1. The molecule has 4 rings (SSSR count). The first-order chi connectivity index (χ1) is 13.8. The number of amides is 1. The minimum Gasteiger partial charge on any atom is -0.344 e. The summed E-state index contributed by atoms with van der Waals surface area (Å²) in [5.74, 6) is 0.528. The molecule has 2 aromatic carbocycles. The normalized spacial score (nSPS) is 10.6. The SMILES string of the molecule is O=C(NCc1ccccn1)c1nc(Cc2ccccc2)n(-c2ccccc2)n1. The Morgan fingerprint density at radius 1 is 0.893 bits per heavy atom. The molecule has 2 heterocycles. The van der Waals surface area contributed by atoms with E-state index in [0.717, 1.165) is 16.9 Å². The van der Waals surface area contributed by atoms with Crippen molar-refractivity contribution >= 4 is 5.91 Å². The summed E-state index contributed by atoms with van der Waals surface area (Å²) >= 11 is 0. The second-order valence-corrected chi connectivity index (χ2v) is 6.27. The quantitative estimate of drug-likeness (QED) is 0.567. The molecule has 0 aliphatic rings. The molecule has 1 N–H and O–H groups in total. The maximum Gasteiger partial charge on any atom is 0.291 e. The van der Waals surface area contributed by atoms with Crippen LogP contribution in [0.2, 0.25) is 0 Å². The number of benzene rings is 2. The Hall–Kier alpha value is -3.80. The zero-order valence-electron chi connectivity index (χ0n) is 15.2. The molecule has 4 aromatic rings. The highest BCUT2D eigenvalue weighted by Gasteiger charge is 2.17. The van der Waals surface area contributed by atoms with Crippen LogP contribution in [0.1, 0.15) is 27.7 Å². The molecule has 0 saturated carbocycles. The van der Waals surface area contributed by atoms with Crippen molar-refractivity contribution in [2.75, 3.05) is 0 Å². The molecule has 0 radical (unpaired) electrons. The summed E-state index contributed by atoms with van der Waals surface area (Å²) in [7, 11) is 0. The molecule has 0 aliphatic heterocycles. The van der Waals surface area contributed by atoms with Crippen molar-refractivity contribution < 1.29 is 4.79 Å². The first-order valence-electron chi connectivity index (χ1n) is 9.03. The third kappa shape index (κ3) is 4.12. The van der Waals surface area contributed by atoms with Crippen LogP contribution >= 0.6 is 0 Å². The lowest BCUT2D eigenvalue weighted by Gasteiger charge is -2.05. The van der Waals surface area contributed by atoms with Crippen molar-refractivity contribution in [1.29, 1.82) is 0 Å². The van der Waals surface area contributed by atoms with Gasteiger partial charge in [-0.05, 0) is 29.8 Å². The minimum atomic E-state index is -0.324. The van der Waals surface area contributed by atoms with E-state index in [1.165, 1.54) is 0 Å². The molecule has 0 bridgehead atoms. The van der Waals surface area contributed by atoms with Gasteiger partial charge >= 0.3 is 0 Å². The predicted molar refractivity (Wildman–Crippen MR) is 106 cm³/mol. The van der Waals surface area contributed by atoms with Gasteiger partial charge in [-0.1, -0.05) is 54.6 Å². The Morgan fingerprint density at radius 3 is 2.32 bits per heavy atom. The maximum absolute atomic E-state index is 12.6. The lowest BCUT2D eigenvalue weighted by molar-refractivity contribution is 0.0940. The molecule has 6 heteroatoms. The molecule has 0 atom stereocenters. The first-order valence-corrected chi connectivity index (χ1v) is 9.03. The summed E-state index contributed by atoms with van der Waals surface area (Å²) in [6, 6.07) is 25.3. The average molecular weight is 369 g/mol. The highest BCUT2D eigenvalue weighted by molar-refractivity contribution is 5.90. The van der Waals surface area contributed by atoms with Crippen LogP contribution in [-0.4, -0.2) is 25.7 Å². The monoisotopic (exact) mass is 369 g/mol. The van der Waals surface area contributed by atoms with E-state index < -0.39 is 0 Å². The number of hydrogen-bond donors (Lipinski definition) is 1. The topological polar surface area (TPSA) is 72.7 Å². The number of rotatable bonds is 6. The van der Waals surface area contributed by atoms with Crippen LogP contribution < -0.4 is 5.32 Å². The van der Waals surface area contributed by atoms with Crippen molar-refractivity contribution in [3.63, 3.8) is 0 Å². The zero-order chi connectivity index (χ0) is 19.2. The second-order valence-electron chi connectivity index (χ2n) is 6.27. The number of pyridine rings is 1. The average Bonchev–Trinajstić information content (AvgIpc) is 3.18. The molecular weight excluding hydrogens is 350 g/mol. The van der Waals surface area contributed by atoms with Gasteiger partial charge in [-0.25, -0.2) is 9.67 Å². The summed E-state index contributed by atoms with van der Waals surface area (Å²) in [6.45, 7) is 0.327. The van der Waals surface area contributed by atoms with Gasteiger partial charge in [0.15, 0.2) is 0 Å². The van der Waals surface area contributed by atoms with Gasteiger partial charge in [0, 0.05) is 12.6 Å². The van der Waals surface area contributed by atoms with Gasteiger partial charge in [-0.3, -0.25) is 9.78 Å². The number of carbonyl (C=O) groups excluding carboxylic acids is 1. The van der Waals surface area contributed by atoms with E-state index >= 15 is 0 Å². The van der Waals surface area contributed by atoms with Crippen LogP contribution in [0.5, 0.6) is 0 Å². The van der Waals surface area contributed by atoms with E-state index in [-0.39, 0.29) is 11.7 Å². The Bertz CT molecular complexity index is 1050. The molecule has 0 unspecified atom stereocenters. The predicted octanol–water partition coefficient (Wildman–Crippen LogP) is 3.18. The van der Waals surface area contributed by atoms with Crippen molar-refractivity contribution in [2.45, 2.75) is 13.0 Å². The number of hydrogen-bond acceptors (Lipinski definition) is 4. The highest BCUT2D eigenvalue weighted by Crippen LogP contribution is 2.14. The van der Waals surface area contributed by atoms with E-state index in [2.05, 4.69) is 20.4 Å². The molecule has 0 aliphatic carbocycles. The molecule has 0 fully saturated rings. The molecule has 1 amide bonds. The molecule has 138 valence electrons. The molecule has 6 nitrogen and oxygen atoms in total. The summed E-state index contributed by atoms with van der Waals surface area (Å²) in [4.78, 5) is 21.3. The van der Waals surface area contributed by atoms with Gasteiger partial charge in [-0.15, -0.1) is 5.10 Å². The number of para-hydroxylation sites is 1. The largest absolute Gasteiger partial charge is 0.344 e. The third-order valence-corrected chi connectivity index (χ3v) is 4.24. The zero-order valence-corrected chi connectivity index (χ0v) is 15.2. The lowest BCUT2D eigenvalue weighted by atomic mass is 10.1. The second kappa shape index (κ2) is 8.26. The van der Waals surface area contributed by atoms with Gasteiger partial charge in [0.25, 0.3) is 5.91 Å².